The second kappa shape index (κ2) is 7.32. The van der Waals surface area contributed by atoms with Crippen molar-refractivity contribution in [2.24, 2.45) is 0 Å². The lowest BCUT2D eigenvalue weighted by Gasteiger charge is -2.08. The number of halogens is 1. The second-order valence-corrected chi connectivity index (χ2v) is 4.94. The quantitative estimate of drug-likeness (QED) is 0.781. The fraction of sp³-hybridized carbons (Fsp3) is 0.0556. The number of rotatable bonds is 5. The van der Waals surface area contributed by atoms with Crippen LogP contribution in [0.4, 0.5) is 10.2 Å². The van der Waals surface area contributed by atoms with Gasteiger partial charge < -0.3 is 10.1 Å². The summed E-state index contributed by atoms with van der Waals surface area (Å²) in [7, 11) is 0. The van der Waals surface area contributed by atoms with Gasteiger partial charge in [-0.15, -0.1) is 0 Å². The van der Waals surface area contributed by atoms with E-state index in [1.807, 2.05) is 30.3 Å². The second-order valence-electron chi connectivity index (χ2n) is 4.94. The summed E-state index contributed by atoms with van der Waals surface area (Å²) >= 11 is 0. The number of anilines is 1. The van der Waals surface area contributed by atoms with E-state index in [2.05, 4.69) is 15.3 Å². The Kier molecular flexibility index (Phi) is 4.76. The summed E-state index contributed by atoms with van der Waals surface area (Å²) in [5.74, 6) is -1.41. The molecule has 0 fully saturated rings. The first-order valence-corrected chi connectivity index (χ1v) is 7.28. The fourth-order valence-corrected chi connectivity index (χ4v) is 2.00. The zero-order valence-corrected chi connectivity index (χ0v) is 12.6. The molecule has 1 N–H and O–H groups in total. The lowest BCUT2D eigenvalue weighted by atomic mass is 10.2. The van der Waals surface area contributed by atoms with E-state index < -0.39 is 11.7 Å². The van der Waals surface area contributed by atoms with Crippen molar-refractivity contribution in [1.29, 1.82) is 0 Å². The molecule has 0 unspecified atom stereocenters. The summed E-state index contributed by atoms with van der Waals surface area (Å²) in [6.45, 7) is 0.249. The number of hydrogen-bond acceptors (Lipinski definition) is 4. The molecule has 1 amide bonds. The highest BCUT2D eigenvalue weighted by Crippen LogP contribution is 2.15. The van der Waals surface area contributed by atoms with Gasteiger partial charge in [-0.1, -0.05) is 48.5 Å². The Labute approximate surface area is 138 Å². The molecule has 6 heteroatoms. The van der Waals surface area contributed by atoms with E-state index in [4.69, 9.17) is 4.74 Å². The molecule has 3 rings (SSSR count). The minimum atomic E-state index is -0.730. The lowest BCUT2D eigenvalue weighted by molar-refractivity contribution is 0.102. The van der Waals surface area contributed by atoms with Crippen molar-refractivity contribution < 1.29 is 13.9 Å². The Balaban J connectivity index is 1.71. The van der Waals surface area contributed by atoms with Crippen LogP contribution in [-0.4, -0.2) is 15.9 Å². The van der Waals surface area contributed by atoms with Gasteiger partial charge in [0.25, 0.3) is 5.91 Å². The first-order chi connectivity index (χ1) is 11.7. The molecule has 0 bridgehead atoms. The molecule has 0 aliphatic heterocycles. The molecule has 0 radical (unpaired) electrons. The van der Waals surface area contributed by atoms with Crippen LogP contribution in [-0.2, 0) is 6.61 Å². The van der Waals surface area contributed by atoms with E-state index in [-0.39, 0.29) is 18.4 Å². The Morgan fingerprint density at radius 3 is 2.42 bits per heavy atom. The molecule has 3 aromatic rings. The number of nitrogens with zero attached hydrogens (tertiary/aromatic N) is 2. The Hall–Kier alpha value is -3.28. The lowest BCUT2D eigenvalue weighted by Crippen LogP contribution is -2.15. The first-order valence-electron chi connectivity index (χ1n) is 7.28. The minimum Gasteiger partial charge on any atom is -0.459 e. The molecule has 0 spiro atoms. The maximum Gasteiger partial charge on any atom is 0.318 e. The summed E-state index contributed by atoms with van der Waals surface area (Å²) in [6, 6.07) is 17.9. The molecule has 1 aromatic heterocycles. The van der Waals surface area contributed by atoms with E-state index >= 15 is 0 Å². The van der Waals surface area contributed by atoms with Crippen LogP contribution in [0, 0.1) is 5.82 Å². The van der Waals surface area contributed by atoms with Crippen LogP contribution in [0.3, 0.4) is 0 Å². The number of benzene rings is 2. The summed E-state index contributed by atoms with van der Waals surface area (Å²) in [5, 5.41) is 2.42. The van der Waals surface area contributed by atoms with Gasteiger partial charge >= 0.3 is 6.01 Å². The van der Waals surface area contributed by atoms with Crippen molar-refractivity contribution in [3.63, 3.8) is 0 Å². The van der Waals surface area contributed by atoms with Gasteiger partial charge in [0.1, 0.15) is 6.61 Å². The van der Waals surface area contributed by atoms with E-state index in [0.29, 0.717) is 5.56 Å². The molecule has 0 saturated carbocycles. The zero-order chi connectivity index (χ0) is 16.8. The van der Waals surface area contributed by atoms with Crippen LogP contribution in [0.15, 0.2) is 66.9 Å². The van der Waals surface area contributed by atoms with Gasteiger partial charge in [-0.05, 0) is 17.7 Å². The van der Waals surface area contributed by atoms with Crippen molar-refractivity contribution in [2.75, 3.05) is 5.32 Å². The maximum absolute atomic E-state index is 13.8. The van der Waals surface area contributed by atoms with Crippen LogP contribution in [0.2, 0.25) is 0 Å². The fourth-order valence-electron chi connectivity index (χ4n) is 2.00. The van der Waals surface area contributed by atoms with E-state index in [1.54, 1.807) is 30.3 Å². The molecule has 24 heavy (non-hydrogen) atoms. The molecule has 120 valence electrons. The SMILES string of the molecule is O=C(Nc1nc(OCc2ccccc2)ncc1F)c1ccccc1. The zero-order valence-electron chi connectivity index (χ0n) is 12.6. The monoisotopic (exact) mass is 323 g/mol. The number of carbonyl (C=O) groups excluding carboxylic acids is 1. The summed E-state index contributed by atoms with van der Waals surface area (Å²) in [6.07, 6.45) is 0.966. The Morgan fingerprint density at radius 2 is 1.71 bits per heavy atom. The third-order valence-corrected chi connectivity index (χ3v) is 3.20. The van der Waals surface area contributed by atoms with Gasteiger partial charge in [-0.25, -0.2) is 9.37 Å². The third kappa shape index (κ3) is 3.92. The van der Waals surface area contributed by atoms with Gasteiger partial charge in [0, 0.05) is 5.56 Å². The van der Waals surface area contributed by atoms with Crippen molar-refractivity contribution in [3.8, 4) is 6.01 Å². The summed E-state index contributed by atoms with van der Waals surface area (Å²) < 4.78 is 19.2. The largest absolute Gasteiger partial charge is 0.459 e. The van der Waals surface area contributed by atoms with Crippen molar-refractivity contribution in [3.05, 3.63) is 83.8 Å². The molecular formula is C18H14FN3O2. The highest BCUT2D eigenvalue weighted by atomic mass is 19.1. The third-order valence-electron chi connectivity index (χ3n) is 3.20. The van der Waals surface area contributed by atoms with E-state index in [0.717, 1.165) is 11.8 Å². The van der Waals surface area contributed by atoms with Gasteiger partial charge in [-0.2, -0.15) is 4.98 Å². The van der Waals surface area contributed by atoms with Crippen LogP contribution in [0.5, 0.6) is 6.01 Å². The average Bonchev–Trinajstić information content (AvgIpc) is 2.64. The van der Waals surface area contributed by atoms with Gasteiger partial charge in [0.15, 0.2) is 11.6 Å². The van der Waals surface area contributed by atoms with Crippen molar-refractivity contribution in [2.45, 2.75) is 6.61 Å². The number of nitrogens with one attached hydrogen (secondary N) is 1. The van der Waals surface area contributed by atoms with Gasteiger partial charge in [0.05, 0.1) is 6.20 Å². The summed E-state index contributed by atoms with van der Waals surface area (Å²) in [4.78, 5) is 19.8. The predicted octanol–water partition coefficient (Wildman–Crippen LogP) is 3.45. The van der Waals surface area contributed by atoms with Crippen LogP contribution >= 0.6 is 0 Å². The Bertz CT molecular complexity index is 826. The highest BCUT2D eigenvalue weighted by molar-refractivity contribution is 6.03. The first kappa shape index (κ1) is 15.6. The predicted molar refractivity (Wildman–Crippen MR) is 87.2 cm³/mol. The summed E-state index contributed by atoms with van der Waals surface area (Å²) in [5.41, 5.74) is 1.34. The average molecular weight is 323 g/mol. The minimum absolute atomic E-state index is 0.0105. The number of hydrogen-bond donors (Lipinski definition) is 1. The molecule has 0 atom stereocenters. The van der Waals surface area contributed by atoms with Crippen LogP contribution in [0.1, 0.15) is 15.9 Å². The Morgan fingerprint density at radius 1 is 1.04 bits per heavy atom. The number of carbonyl (C=O) groups is 1. The molecular weight excluding hydrogens is 309 g/mol. The number of ether oxygens (including phenoxy) is 1. The van der Waals surface area contributed by atoms with Crippen LogP contribution in [0.25, 0.3) is 0 Å². The topological polar surface area (TPSA) is 64.1 Å². The molecule has 1 heterocycles. The molecule has 0 aliphatic carbocycles. The van der Waals surface area contributed by atoms with E-state index in [1.165, 1.54) is 0 Å². The van der Waals surface area contributed by atoms with Gasteiger partial charge in [0.2, 0.25) is 0 Å². The van der Waals surface area contributed by atoms with Gasteiger partial charge in [-0.3, -0.25) is 4.79 Å². The maximum atomic E-state index is 13.8. The smallest absolute Gasteiger partial charge is 0.318 e. The molecule has 2 aromatic carbocycles. The molecule has 5 nitrogen and oxygen atoms in total. The molecule has 0 aliphatic rings. The van der Waals surface area contributed by atoms with Crippen molar-refractivity contribution >= 4 is 11.7 Å². The normalized spacial score (nSPS) is 10.2. The van der Waals surface area contributed by atoms with Crippen molar-refractivity contribution in [1.82, 2.24) is 9.97 Å². The molecule has 0 saturated heterocycles. The number of amides is 1. The van der Waals surface area contributed by atoms with Crippen LogP contribution < -0.4 is 10.1 Å². The number of aromatic nitrogens is 2. The standard InChI is InChI=1S/C18H14FN3O2/c19-15-11-20-18(24-12-13-7-3-1-4-8-13)22-16(15)21-17(23)14-9-5-2-6-10-14/h1-11H,12H2,(H,20,21,22,23). The highest BCUT2D eigenvalue weighted by Gasteiger charge is 2.12. The van der Waals surface area contributed by atoms with E-state index in [9.17, 15) is 9.18 Å².